The molecule has 0 aliphatic rings. The Morgan fingerprint density at radius 2 is 1.86 bits per heavy atom. The minimum Gasteiger partial charge on any atom is -0.505 e. The zero-order chi connectivity index (χ0) is 10.9. The molecule has 0 atom stereocenters. The van der Waals surface area contributed by atoms with Gasteiger partial charge in [0.2, 0.25) is 0 Å². The molecule has 1 rings (SSSR count). The lowest BCUT2D eigenvalue weighted by Gasteiger charge is -2.23. The molecule has 4 heteroatoms. The van der Waals surface area contributed by atoms with E-state index in [1.807, 2.05) is 0 Å². The Kier molecular flexibility index (Phi) is 2.76. The fourth-order valence-corrected chi connectivity index (χ4v) is 1.24. The Labute approximate surface area is 80.8 Å². The molecule has 0 spiro atoms. The average Bonchev–Trinajstić information content (AvgIpc) is 2.12. The Balaban J connectivity index is 3.40. The molecule has 0 aliphatic carbocycles. The molecule has 0 radical (unpaired) electrons. The van der Waals surface area contributed by atoms with E-state index in [0.29, 0.717) is 0 Å². The largest absolute Gasteiger partial charge is 0.505 e. The second kappa shape index (κ2) is 3.53. The van der Waals surface area contributed by atoms with Gasteiger partial charge in [-0.2, -0.15) is 0 Å². The first-order valence-electron chi connectivity index (χ1n) is 4.18. The van der Waals surface area contributed by atoms with Crippen molar-refractivity contribution in [1.82, 2.24) is 0 Å². The van der Waals surface area contributed by atoms with Crippen LogP contribution in [0.1, 0.15) is 19.4 Å². The van der Waals surface area contributed by atoms with Gasteiger partial charge in [-0.1, -0.05) is 13.8 Å². The maximum atomic E-state index is 13.3. The van der Waals surface area contributed by atoms with Crippen LogP contribution >= 0.6 is 0 Å². The highest BCUT2D eigenvalue weighted by molar-refractivity contribution is 5.35. The van der Waals surface area contributed by atoms with Crippen molar-refractivity contribution >= 4 is 0 Å². The molecular formula is C10H12F2O2. The van der Waals surface area contributed by atoms with Gasteiger partial charge in [-0.3, -0.25) is 0 Å². The predicted molar refractivity (Wildman–Crippen MR) is 48.1 cm³/mol. The summed E-state index contributed by atoms with van der Waals surface area (Å²) in [6.45, 7) is 2.59. The molecule has 0 amide bonds. The quantitative estimate of drug-likeness (QED) is 0.769. The average molecular weight is 202 g/mol. The van der Waals surface area contributed by atoms with Crippen molar-refractivity contribution in [3.63, 3.8) is 0 Å². The fourth-order valence-electron chi connectivity index (χ4n) is 1.24. The van der Waals surface area contributed by atoms with Crippen molar-refractivity contribution in [2.75, 3.05) is 6.61 Å². The molecule has 0 heterocycles. The maximum absolute atomic E-state index is 13.3. The van der Waals surface area contributed by atoms with E-state index in [0.717, 1.165) is 12.1 Å². The molecular weight excluding hydrogens is 190 g/mol. The molecule has 1 aromatic rings. The molecule has 14 heavy (non-hydrogen) atoms. The van der Waals surface area contributed by atoms with Gasteiger partial charge in [-0.25, -0.2) is 8.78 Å². The summed E-state index contributed by atoms with van der Waals surface area (Å²) in [6, 6.07) is 1.92. The third-order valence-electron chi connectivity index (χ3n) is 2.14. The monoisotopic (exact) mass is 202 g/mol. The van der Waals surface area contributed by atoms with Gasteiger partial charge < -0.3 is 10.2 Å². The maximum Gasteiger partial charge on any atom is 0.171 e. The highest BCUT2D eigenvalue weighted by Crippen LogP contribution is 2.31. The van der Waals surface area contributed by atoms with Gasteiger partial charge in [0.05, 0.1) is 6.61 Å². The summed E-state index contributed by atoms with van der Waals surface area (Å²) in [5, 5.41) is 18.0. The lowest BCUT2D eigenvalue weighted by Crippen LogP contribution is -2.25. The summed E-state index contributed by atoms with van der Waals surface area (Å²) in [6.07, 6.45) is 0. The van der Waals surface area contributed by atoms with Crippen LogP contribution in [-0.4, -0.2) is 16.8 Å². The number of hydrogen-bond acceptors (Lipinski definition) is 2. The second-order valence-electron chi connectivity index (χ2n) is 3.80. The van der Waals surface area contributed by atoms with Crippen molar-refractivity contribution < 1.29 is 19.0 Å². The predicted octanol–water partition coefficient (Wildman–Crippen LogP) is 1.94. The van der Waals surface area contributed by atoms with E-state index in [9.17, 15) is 8.78 Å². The van der Waals surface area contributed by atoms with E-state index >= 15 is 0 Å². The minimum atomic E-state index is -1.05. The van der Waals surface area contributed by atoms with E-state index in [1.54, 1.807) is 0 Å². The molecule has 0 aliphatic heterocycles. The van der Waals surface area contributed by atoms with Crippen LogP contribution in [0.2, 0.25) is 0 Å². The molecule has 1 aromatic carbocycles. The lowest BCUT2D eigenvalue weighted by molar-refractivity contribution is 0.210. The number of aliphatic hydroxyl groups excluding tert-OH is 1. The lowest BCUT2D eigenvalue weighted by atomic mass is 9.84. The Morgan fingerprint density at radius 3 is 2.36 bits per heavy atom. The normalized spacial score (nSPS) is 11.8. The Hall–Kier alpha value is -1.16. The topological polar surface area (TPSA) is 40.5 Å². The van der Waals surface area contributed by atoms with Gasteiger partial charge in [-0.05, 0) is 12.1 Å². The highest BCUT2D eigenvalue weighted by atomic mass is 19.1. The van der Waals surface area contributed by atoms with E-state index in [-0.39, 0.29) is 5.56 Å². The van der Waals surface area contributed by atoms with Crippen LogP contribution in [0.4, 0.5) is 8.78 Å². The molecule has 2 N–H and O–H groups in total. The van der Waals surface area contributed by atoms with Crippen LogP contribution in [0.5, 0.6) is 5.75 Å². The minimum absolute atomic E-state index is 0.292. The van der Waals surface area contributed by atoms with Gasteiger partial charge in [0, 0.05) is 11.0 Å². The number of phenolic OH excluding ortho intramolecular Hbond substituents is 1. The fraction of sp³-hybridized carbons (Fsp3) is 0.400. The molecule has 0 saturated carbocycles. The number of aromatic hydroxyl groups is 1. The van der Waals surface area contributed by atoms with Crippen LogP contribution in [0.3, 0.4) is 0 Å². The van der Waals surface area contributed by atoms with Crippen molar-refractivity contribution in [1.29, 1.82) is 0 Å². The van der Waals surface area contributed by atoms with E-state index in [4.69, 9.17) is 10.2 Å². The zero-order valence-corrected chi connectivity index (χ0v) is 8.01. The van der Waals surface area contributed by atoms with Crippen LogP contribution in [0, 0.1) is 11.6 Å². The number of phenols is 1. The number of rotatable bonds is 2. The van der Waals surface area contributed by atoms with Gasteiger partial charge >= 0.3 is 0 Å². The first-order chi connectivity index (χ1) is 6.40. The van der Waals surface area contributed by atoms with Crippen molar-refractivity contribution in [3.8, 4) is 5.75 Å². The zero-order valence-electron chi connectivity index (χ0n) is 8.01. The molecule has 0 bridgehead atoms. The van der Waals surface area contributed by atoms with Crippen LogP contribution in [0.25, 0.3) is 0 Å². The van der Waals surface area contributed by atoms with Crippen molar-refractivity contribution in [2.24, 2.45) is 0 Å². The van der Waals surface area contributed by atoms with E-state index in [2.05, 4.69) is 0 Å². The standard InChI is InChI=1S/C10H12F2O2/c1-10(2,5-13)8-6(11)3-4-7(14)9(8)12/h3-4,13-14H,5H2,1-2H3. The highest BCUT2D eigenvalue weighted by Gasteiger charge is 2.28. The molecule has 0 unspecified atom stereocenters. The molecule has 2 nitrogen and oxygen atoms in total. The van der Waals surface area contributed by atoms with Crippen molar-refractivity contribution in [2.45, 2.75) is 19.3 Å². The van der Waals surface area contributed by atoms with Gasteiger partial charge in [0.25, 0.3) is 0 Å². The summed E-state index contributed by atoms with van der Waals surface area (Å²) in [5.41, 5.74) is -1.34. The number of halogens is 2. The summed E-state index contributed by atoms with van der Waals surface area (Å²) in [5.74, 6) is -2.38. The first kappa shape index (κ1) is 10.9. The summed E-state index contributed by atoms with van der Waals surface area (Å²) >= 11 is 0. The first-order valence-corrected chi connectivity index (χ1v) is 4.18. The smallest absolute Gasteiger partial charge is 0.171 e. The SMILES string of the molecule is CC(C)(CO)c1c(F)ccc(O)c1F. The molecule has 78 valence electrons. The third-order valence-corrected chi connectivity index (χ3v) is 2.14. The summed E-state index contributed by atoms with van der Waals surface area (Å²) in [7, 11) is 0. The second-order valence-corrected chi connectivity index (χ2v) is 3.80. The molecule has 0 saturated heterocycles. The van der Waals surface area contributed by atoms with E-state index in [1.165, 1.54) is 13.8 Å². The van der Waals surface area contributed by atoms with Gasteiger partial charge in [0.15, 0.2) is 11.6 Å². The number of benzene rings is 1. The summed E-state index contributed by atoms with van der Waals surface area (Å²) in [4.78, 5) is 0. The number of hydrogen-bond donors (Lipinski definition) is 2. The van der Waals surface area contributed by atoms with Gasteiger partial charge in [0.1, 0.15) is 5.82 Å². The molecule has 0 aromatic heterocycles. The summed E-state index contributed by atoms with van der Waals surface area (Å²) < 4.78 is 26.6. The third kappa shape index (κ3) is 1.70. The molecule has 0 fully saturated rings. The van der Waals surface area contributed by atoms with Crippen LogP contribution in [0.15, 0.2) is 12.1 Å². The van der Waals surface area contributed by atoms with Crippen LogP contribution in [-0.2, 0) is 5.41 Å². The number of aliphatic hydroxyl groups is 1. The van der Waals surface area contributed by atoms with Crippen LogP contribution < -0.4 is 0 Å². The van der Waals surface area contributed by atoms with Crippen molar-refractivity contribution in [3.05, 3.63) is 29.3 Å². The Bertz CT molecular complexity index is 348. The van der Waals surface area contributed by atoms with Gasteiger partial charge in [-0.15, -0.1) is 0 Å². The van der Waals surface area contributed by atoms with E-state index < -0.39 is 29.4 Å². The Morgan fingerprint density at radius 1 is 1.29 bits per heavy atom.